The smallest absolute Gasteiger partial charge is 0.223 e. The van der Waals surface area contributed by atoms with Crippen LogP contribution < -0.4 is 5.32 Å². The Hall–Kier alpha value is -0.280. The molecule has 0 aromatic heterocycles. The van der Waals surface area contributed by atoms with E-state index in [1.54, 1.807) is 7.11 Å². The molecule has 0 spiro atoms. The SMILES string of the molecule is COC1(CC(=O)NC(C)(C)C(C)Cl)CCC1. The summed E-state index contributed by atoms with van der Waals surface area (Å²) in [5, 5.41) is 2.86. The number of amides is 1. The van der Waals surface area contributed by atoms with Gasteiger partial charge in [0.25, 0.3) is 0 Å². The molecule has 0 aromatic carbocycles. The van der Waals surface area contributed by atoms with Crippen molar-refractivity contribution in [3.63, 3.8) is 0 Å². The van der Waals surface area contributed by atoms with Crippen molar-refractivity contribution in [2.75, 3.05) is 7.11 Å². The van der Waals surface area contributed by atoms with Gasteiger partial charge >= 0.3 is 0 Å². The van der Waals surface area contributed by atoms with Crippen LogP contribution in [0.1, 0.15) is 46.5 Å². The molecule has 0 aromatic rings. The number of hydrogen-bond donors (Lipinski definition) is 1. The molecule has 1 fully saturated rings. The van der Waals surface area contributed by atoms with Crippen molar-refractivity contribution in [3.05, 3.63) is 0 Å². The van der Waals surface area contributed by atoms with Gasteiger partial charge in [-0.25, -0.2) is 0 Å². The first-order valence-corrected chi connectivity index (χ1v) is 6.25. The topological polar surface area (TPSA) is 38.3 Å². The minimum Gasteiger partial charge on any atom is -0.378 e. The van der Waals surface area contributed by atoms with Gasteiger partial charge in [0.2, 0.25) is 5.91 Å². The summed E-state index contributed by atoms with van der Waals surface area (Å²) in [5.41, 5.74) is -0.590. The van der Waals surface area contributed by atoms with Crippen molar-refractivity contribution in [1.82, 2.24) is 5.32 Å². The Bertz CT molecular complexity index is 248. The van der Waals surface area contributed by atoms with Crippen LogP contribution >= 0.6 is 11.6 Å². The van der Waals surface area contributed by atoms with Gasteiger partial charge in [0.1, 0.15) is 0 Å². The van der Waals surface area contributed by atoms with E-state index in [1.807, 2.05) is 20.8 Å². The fraction of sp³-hybridized carbons (Fsp3) is 0.917. The molecule has 1 atom stereocenters. The van der Waals surface area contributed by atoms with Crippen molar-refractivity contribution >= 4 is 17.5 Å². The lowest BCUT2D eigenvalue weighted by Gasteiger charge is -2.41. The first-order valence-electron chi connectivity index (χ1n) is 5.81. The molecule has 1 aliphatic carbocycles. The maximum atomic E-state index is 11.9. The second-order valence-electron chi connectivity index (χ2n) is 5.30. The molecule has 1 N–H and O–H groups in total. The van der Waals surface area contributed by atoms with Crippen LogP contribution in [0.4, 0.5) is 0 Å². The van der Waals surface area contributed by atoms with Gasteiger partial charge in [0.05, 0.1) is 22.9 Å². The molecular weight excluding hydrogens is 226 g/mol. The number of rotatable bonds is 5. The summed E-state index contributed by atoms with van der Waals surface area (Å²) in [7, 11) is 1.68. The van der Waals surface area contributed by atoms with Crippen LogP contribution in [0, 0.1) is 0 Å². The third-order valence-corrected chi connectivity index (χ3v) is 4.18. The molecule has 4 heteroatoms. The third-order valence-electron chi connectivity index (χ3n) is 3.64. The van der Waals surface area contributed by atoms with Crippen LogP contribution in [-0.4, -0.2) is 29.5 Å². The van der Waals surface area contributed by atoms with E-state index < -0.39 is 0 Å². The Morgan fingerprint density at radius 2 is 2.12 bits per heavy atom. The summed E-state index contributed by atoms with van der Waals surface area (Å²) in [4.78, 5) is 11.9. The van der Waals surface area contributed by atoms with E-state index >= 15 is 0 Å². The van der Waals surface area contributed by atoms with Gasteiger partial charge in [-0.3, -0.25) is 4.79 Å². The molecule has 1 saturated carbocycles. The second kappa shape index (κ2) is 4.92. The highest BCUT2D eigenvalue weighted by Crippen LogP contribution is 2.38. The van der Waals surface area contributed by atoms with Gasteiger partial charge in [0, 0.05) is 7.11 Å². The molecule has 1 amide bonds. The van der Waals surface area contributed by atoms with E-state index in [9.17, 15) is 4.79 Å². The number of nitrogens with one attached hydrogen (secondary N) is 1. The van der Waals surface area contributed by atoms with Gasteiger partial charge in [-0.2, -0.15) is 0 Å². The number of methoxy groups -OCH3 is 1. The fourth-order valence-electron chi connectivity index (χ4n) is 1.82. The number of ether oxygens (including phenoxy) is 1. The molecule has 1 unspecified atom stereocenters. The molecule has 0 bridgehead atoms. The normalized spacial score (nSPS) is 21.1. The van der Waals surface area contributed by atoms with Gasteiger partial charge in [0.15, 0.2) is 0 Å². The Morgan fingerprint density at radius 1 is 1.56 bits per heavy atom. The average molecular weight is 248 g/mol. The molecule has 16 heavy (non-hydrogen) atoms. The summed E-state index contributed by atoms with van der Waals surface area (Å²) < 4.78 is 5.43. The zero-order valence-corrected chi connectivity index (χ0v) is 11.4. The Morgan fingerprint density at radius 3 is 2.44 bits per heavy atom. The van der Waals surface area contributed by atoms with E-state index in [0.717, 1.165) is 19.3 Å². The van der Waals surface area contributed by atoms with Crippen molar-refractivity contribution in [3.8, 4) is 0 Å². The molecule has 1 aliphatic rings. The predicted molar refractivity (Wildman–Crippen MR) is 65.7 cm³/mol. The van der Waals surface area contributed by atoms with Crippen LogP contribution in [0.2, 0.25) is 0 Å². The highest BCUT2D eigenvalue weighted by atomic mass is 35.5. The summed E-state index contributed by atoms with van der Waals surface area (Å²) in [6.07, 6.45) is 3.55. The highest BCUT2D eigenvalue weighted by Gasteiger charge is 2.40. The summed E-state index contributed by atoms with van der Waals surface area (Å²) in [6.45, 7) is 5.75. The fourth-order valence-corrected chi connectivity index (χ4v) is 1.87. The van der Waals surface area contributed by atoms with Gasteiger partial charge < -0.3 is 10.1 Å². The predicted octanol–water partition coefficient (Wildman–Crippen LogP) is 2.47. The highest BCUT2D eigenvalue weighted by molar-refractivity contribution is 6.21. The van der Waals surface area contributed by atoms with E-state index in [4.69, 9.17) is 16.3 Å². The van der Waals surface area contributed by atoms with Crippen molar-refractivity contribution in [2.45, 2.75) is 63.0 Å². The monoisotopic (exact) mass is 247 g/mol. The summed E-state index contributed by atoms with van der Waals surface area (Å²) in [5.74, 6) is 0.0269. The quantitative estimate of drug-likeness (QED) is 0.758. The van der Waals surface area contributed by atoms with Crippen molar-refractivity contribution in [1.29, 1.82) is 0 Å². The molecule has 1 rings (SSSR count). The number of hydrogen-bond acceptors (Lipinski definition) is 2. The molecule has 0 saturated heterocycles. The lowest BCUT2D eigenvalue weighted by Crippen LogP contribution is -2.52. The molecule has 3 nitrogen and oxygen atoms in total. The first kappa shape index (κ1) is 13.8. The van der Waals surface area contributed by atoms with Crippen LogP contribution in [0.5, 0.6) is 0 Å². The molecule has 0 aliphatic heterocycles. The number of carbonyl (C=O) groups is 1. The van der Waals surface area contributed by atoms with Gasteiger partial charge in [-0.1, -0.05) is 0 Å². The van der Waals surface area contributed by atoms with Crippen molar-refractivity contribution in [2.24, 2.45) is 0 Å². The molecule has 94 valence electrons. The van der Waals surface area contributed by atoms with Gasteiger partial charge in [-0.05, 0) is 40.0 Å². The number of carbonyl (C=O) groups excluding carboxylic acids is 1. The zero-order chi connectivity index (χ0) is 12.4. The molecular formula is C12H22ClNO2. The lowest BCUT2D eigenvalue weighted by molar-refractivity contribution is -0.135. The molecule has 0 radical (unpaired) electrons. The number of alkyl halides is 1. The largest absolute Gasteiger partial charge is 0.378 e. The van der Waals surface area contributed by atoms with Crippen LogP contribution in [0.15, 0.2) is 0 Å². The van der Waals surface area contributed by atoms with E-state index in [0.29, 0.717) is 6.42 Å². The maximum absolute atomic E-state index is 11.9. The van der Waals surface area contributed by atoms with Crippen LogP contribution in [-0.2, 0) is 9.53 Å². The first-order chi connectivity index (χ1) is 7.31. The standard InChI is InChI=1S/C12H22ClNO2/c1-9(13)11(2,3)14-10(15)8-12(16-4)6-5-7-12/h9H,5-8H2,1-4H3,(H,14,15). The van der Waals surface area contributed by atoms with Gasteiger partial charge in [-0.15, -0.1) is 11.6 Å². The maximum Gasteiger partial charge on any atom is 0.223 e. The lowest BCUT2D eigenvalue weighted by atomic mass is 9.77. The van der Waals surface area contributed by atoms with Crippen LogP contribution in [0.25, 0.3) is 0 Å². The minimum absolute atomic E-state index is 0.0269. The zero-order valence-electron chi connectivity index (χ0n) is 10.6. The van der Waals surface area contributed by atoms with Crippen LogP contribution in [0.3, 0.4) is 0 Å². The average Bonchev–Trinajstić information content (AvgIpc) is 2.10. The Labute approximate surface area is 103 Å². The summed E-state index contributed by atoms with van der Waals surface area (Å²) in [6, 6.07) is 0. The Kier molecular flexibility index (Phi) is 4.24. The Balaban J connectivity index is 2.47. The third kappa shape index (κ3) is 3.11. The summed E-state index contributed by atoms with van der Waals surface area (Å²) >= 11 is 6.02. The van der Waals surface area contributed by atoms with E-state index in [-0.39, 0.29) is 22.4 Å². The van der Waals surface area contributed by atoms with Crippen molar-refractivity contribution < 1.29 is 9.53 Å². The minimum atomic E-state index is -0.378. The van der Waals surface area contributed by atoms with E-state index in [2.05, 4.69) is 5.32 Å². The van der Waals surface area contributed by atoms with E-state index in [1.165, 1.54) is 0 Å². The molecule has 0 heterocycles. The number of halogens is 1. The second-order valence-corrected chi connectivity index (χ2v) is 5.96.